The van der Waals surface area contributed by atoms with Crippen LogP contribution in [0.5, 0.6) is 0 Å². The Morgan fingerprint density at radius 1 is 1.31 bits per heavy atom. The number of carbonyl (C=O) groups is 1. The Kier molecular flexibility index (Phi) is 5.85. The summed E-state index contributed by atoms with van der Waals surface area (Å²) >= 11 is 1.59. The molecule has 0 aliphatic carbocycles. The van der Waals surface area contributed by atoms with Crippen molar-refractivity contribution in [3.05, 3.63) is 36.0 Å². The Hall–Kier alpha value is -2.41. The van der Waals surface area contributed by atoms with Crippen molar-refractivity contribution < 1.29 is 4.79 Å². The minimum atomic E-state index is 0.0373. The molecule has 0 bridgehead atoms. The maximum Gasteiger partial charge on any atom is 0.224 e. The lowest BCUT2D eigenvalue weighted by Gasteiger charge is -2.31. The second-order valence-electron chi connectivity index (χ2n) is 8.36. The first kappa shape index (κ1) is 19.9. The summed E-state index contributed by atoms with van der Waals surface area (Å²) in [5, 5.41) is 8.80. The van der Waals surface area contributed by atoms with Gasteiger partial charge >= 0.3 is 0 Å². The number of rotatable bonds is 6. The van der Waals surface area contributed by atoms with Crippen molar-refractivity contribution in [1.29, 1.82) is 0 Å². The van der Waals surface area contributed by atoms with Crippen molar-refractivity contribution in [2.45, 2.75) is 40.0 Å². The van der Waals surface area contributed by atoms with Crippen LogP contribution in [0.2, 0.25) is 0 Å². The molecule has 29 heavy (non-hydrogen) atoms. The number of imidazole rings is 1. The number of fused-ring (bicyclic) bond motifs is 1. The minimum absolute atomic E-state index is 0.0373. The molecule has 6 nitrogen and oxygen atoms in total. The summed E-state index contributed by atoms with van der Waals surface area (Å²) in [6.45, 7) is 8.88. The Balaban J connectivity index is 1.43. The van der Waals surface area contributed by atoms with E-state index in [-0.39, 0.29) is 11.8 Å². The Bertz CT molecular complexity index is 943. The molecule has 1 amide bonds. The molecule has 154 valence electrons. The molecule has 0 radical (unpaired) electrons. The van der Waals surface area contributed by atoms with Crippen molar-refractivity contribution in [3.8, 4) is 11.3 Å². The summed E-state index contributed by atoms with van der Waals surface area (Å²) in [5.41, 5.74) is 3.28. The number of carbonyl (C=O) groups excluding carboxylic acids is 1. The van der Waals surface area contributed by atoms with Crippen molar-refractivity contribution in [2.24, 2.45) is 11.8 Å². The van der Waals surface area contributed by atoms with Crippen LogP contribution in [0.3, 0.4) is 0 Å². The van der Waals surface area contributed by atoms with Gasteiger partial charge in [0.15, 0.2) is 0 Å². The van der Waals surface area contributed by atoms with E-state index in [0.717, 1.165) is 60.2 Å². The maximum absolute atomic E-state index is 12.5. The molecule has 2 aromatic heterocycles. The van der Waals surface area contributed by atoms with E-state index in [2.05, 4.69) is 55.3 Å². The molecule has 1 fully saturated rings. The highest BCUT2D eigenvalue weighted by Crippen LogP contribution is 2.29. The van der Waals surface area contributed by atoms with E-state index >= 15 is 0 Å². The lowest BCUT2D eigenvalue weighted by molar-refractivity contribution is -0.125. The first-order valence-corrected chi connectivity index (χ1v) is 11.3. The van der Waals surface area contributed by atoms with Crippen LogP contribution in [-0.4, -0.2) is 40.1 Å². The predicted molar refractivity (Wildman–Crippen MR) is 118 cm³/mol. The largest absolute Gasteiger partial charge is 0.356 e. The zero-order valence-corrected chi connectivity index (χ0v) is 18.2. The van der Waals surface area contributed by atoms with Crippen molar-refractivity contribution in [3.63, 3.8) is 0 Å². The standard InChI is InChI=1S/C22H29N5OS/c1-15(2)10-11-23-20(28)18-5-4-12-26(13-18)22-25-27-14-19(24-21(27)29-22)17-8-6-16(3)7-9-17/h6-9,14-15,18H,4-5,10-13H2,1-3H3,(H,23,28)/t18-/m0/s1. The molecular weight excluding hydrogens is 382 g/mol. The van der Waals surface area contributed by atoms with Crippen LogP contribution in [0.1, 0.15) is 38.7 Å². The summed E-state index contributed by atoms with van der Waals surface area (Å²) in [7, 11) is 0. The minimum Gasteiger partial charge on any atom is -0.356 e. The van der Waals surface area contributed by atoms with Gasteiger partial charge < -0.3 is 10.2 Å². The fourth-order valence-corrected chi connectivity index (χ4v) is 4.59. The van der Waals surface area contributed by atoms with E-state index in [0.29, 0.717) is 5.92 Å². The van der Waals surface area contributed by atoms with Gasteiger partial charge in [-0.15, -0.1) is 5.10 Å². The van der Waals surface area contributed by atoms with Gasteiger partial charge in [-0.05, 0) is 32.1 Å². The van der Waals surface area contributed by atoms with Crippen LogP contribution < -0.4 is 10.2 Å². The summed E-state index contributed by atoms with van der Waals surface area (Å²) in [6, 6.07) is 8.38. The second kappa shape index (κ2) is 8.53. The van der Waals surface area contributed by atoms with Gasteiger partial charge in [0, 0.05) is 25.2 Å². The number of hydrogen-bond donors (Lipinski definition) is 1. The number of piperidine rings is 1. The molecule has 1 aliphatic rings. The van der Waals surface area contributed by atoms with E-state index in [4.69, 9.17) is 10.1 Å². The lowest BCUT2D eigenvalue weighted by atomic mass is 9.97. The van der Waals surface area contributed by atoms with E-state index < -0.39 is 0 Å². The molecule has 3 heterocycles. The SMILES string of the molecule is Cc1ccc(-c2cn3nc(N4CCC[C@H](C(=O)NCCC(C)C)C4)sc3n2)cc1. The van der Waals surface area contributed by atoms with Gasteiger partial charge in [0.05, 0.1) is 17.8 Å². The molecule has 0 saturated carbocycles. The van der Waals surface area contributed by atoms with Gasteiger partial charge in [0.25, 0.3) is 0 Å². The zero-order valence-electron chi connectivity index (χ0n) is 17.4. The lowest BCUT2D eigenvalue weighted by Crippen LogP contribution is -2.43. The highest BCUT2D eigenvalue weighted by atomic mass is 32.1. The topological polar surface area (TPSA) is 62.5 Å². The molecular formula is C22H29N5OS. The van der Waals surface area contributed by atoms with Crippen LogP contribution in [0.4, 0.5) is 5.13 Å². The van der Waals surface area contributed by atoms with Gasteiger partial charge in [-0.25, -0.2) is 9.50 Å². The van der Waals surface area contributed by atoms with E-state index in [9.17, 15) is 4.79 Å². The van der Waals surface area contributed by atoms with E-state index in [1.54, 1.807) is 11.3 Å². The number of benzene rings is 1. The van der Waals surface area contributed by atoms with Crippen molar-refractivity contribution in [2.75, 3.05) is 24.5 Å². The molecule has 1 aliphatic heterocycles. The van der Waals surface area contributed by atoms with Gasteiger partial charge in [0.1, 0.15) is 0 Å². The fourth-order valence-electron chi connectivity index (χ4n) is 3.67. The molecule has 0 spiro atoms. The van der Waals surface area contributed by atoms with Gasteiger partial charge in [-0.1, -0.05) is 55.0 Å². The average Bonchev–Trinajstić information content (AvgIpc) is 3.28. The third-order valence-electron chi connectivity index (χ3n) is 5.46. The third-order valence-corrected chi connectivity index (χ3v) is 6.45. The van der Waals surface area contributed by atoms with Crippen LogP contribution in [0.25, 0.3) is 16.2 Å². The fraction of sp³-hybridized carbons (Fsp3) is 0.500. The summed E-state index contributed by atoms with van der Waals surface area (Å²) in [5.74, 6) is 0.822. The molecule has 1 N–H and O–H groups in total. The quantitative estimate of drug-likeness (QED) is 0.662. The first-order chi connectivity index (χ1) is 14.0. The monoisotopic (exact) mass is 411 g/mol. The van der Waals surface area contributed by atoms with Crippen molar-refractivity contribution >= 4 is 27.3 Å². The van der Waals surface area contributed by atoms with Gasteiger partial charge in [0.2, 0.25) is 16.0 Å². The average molecular weight is 412 g/mol. The number of aryl methyl sites for hydroxylation is 1. The molecule has 7 heteroatoms. The highest BCUT2D eigenvalue weighted by Gasteiger charge is 2.27. The zero-order chi connectivity index (χ0) is 20.4. The first-order valence-electron chi connectivity index (χ1n) is 10.5. The number of nitrogens with one attached hydrogen (secondary N) is 1. The highest BCUT2D eigenvalue weighted by molar-refractivity contribution is 7.20. The molecule has 4 rings (SSSR count). The third kappa shape index (κ3) is 4.61. The van der Waals surface area contributed by atoms with Crippen LogP contribution >= 0.6 is 11.3 Å². The normalized spacial score (nSPS) is 17.2. The second-order valence-corrected chi connectivity index (χ2v) is 9.30. The van der Waals surface area contributed by atoms with E-state index in [1.165, 1.54) is 5.56 Å². The molecule has 3 aromatic rings. The molecule has 1 atom stereocenters. The Morgan fingerprint density at radius 2 is 2.10 bits per heavy atom. The van der Waals surface area contributed by atoms with Gasteiger partial charge in [-0.2, -0.15) is 0 Å². The summed E-state index contributed by atoms with van der Waals surface area (Å²) in [6.07, 6.45) is 4.97. The number of aromatic nitrogens is 3. The van der Waals surface area contributed by atoms with Crippen molar-refractivity contribution in [1.82, 2.24) is 19.9 Å². The Morgan fingerprint density at radius 3 is 2.83 bits per heavy atom. The number of nitrogens with zero attached hydrogens (tertiary/aromatic N) is 4. The van der Waals surface area contributed by atoms with Crippen LogP contribution in [-0.2, 0) is 4.79 Å². The summed E-state index contributed by atoms with van der Waals surface area (Å²) in [4.78, 5) is 20.4. The Labute approximate surface area is 175 Å². The smallest absolute Gasteiger partial charge is 0.224 e. The number of anilines is 1. The van der Waals surface area contributed by atoms with E-state index in [1.807, 2.05) is 10.7 Å². The number of amides is 1. The van der Waals surface area contributed by atoms with Crippen LogP contribution in [0.15, 0.2) is 30.5 Å². The summed E-state index contributed by atoms with van der Waals surface area (Å²) < 4.78 is 1.86. The molecule has 1 saturated heterocycles. The molecule has 0 unspecified atom stereocenters. The van der Waals surface area contributed by atoms with Gasteiger partial charge in [-0.3, -0.25) is 4.79 Å². The molecule has 1 aromatic carbocycles. The number of hydrogen-bond acceptors (Lipinski definition) is 5. The predicted octanol–water partition coefficient (Wildman–Crippen LogP) is 4.14. The maximum atomic E-state index is 12.5. The van der Waals surface area contributed by atoms with Crippen LogP contribution in [0, 0.1) is 18.8 Å².